The average molecular weight is 261 g/mol. The Labute approximate surface area is 105 Å². The standard InChI is InChI=1S/C10H19N3OS2/c1-4-14-8-9(11)13-16-10(8)12-6-5-7(2)15-3/h7,12H,4-6H2,1-3H3,(H2,11,13). The van der Waals surface area contributed by atoms with E-state index < -0.39 is 0 Å². The molecule has 0 amide bonds. The minimum absolute atomic E-state index is 0.479. The van der Waals surface area contributed by atoms with E-state index >= 15 is 0 Å². The van der Waals surface area contributed by atoms with Crippen molar-refractivity contribution in [3.63, 3.8) is 0 Å². The van der Waals surface area contributed by atoms with E-state index in [9.17, 15) is 0 Å². The van der Waals surface area contributed by atoms with Crippen molar-refractivity contribution in [1.82, 2.24) is 4.37 Å². The van der Waals surface area contributed by atoms with Gasteiger partial charge in [-0.05, 0) is 31.1 Å². The Balaban J connectivity index is 2.47. The summed E-state index contributed by atoms with van der Waals surface area (Å²) in [6, 6.07) is 0. The molecule has 0 bridgehead atoms. The van der Waals surface area contributed by atoms with Crippen LogP contribution in [0.3, 0.4) is 0 Å². The Hall–Kier alpha value is -0.620. The lowest BCUT2D eigenvalue weighted by Crippen LogP contribution is -2.08. The number of nitrogens with one attached hydrogen (secondary N) is 1. The van der Waals surface area contributed by atoms with Gasteiger partial charge in [0.2, 0.25) is 0 Å². The van der Waals surface area contributed by atoms with Crippen molar-refractivity contribution in [3.8, 4) is 5.75 Å². The summed E-state index contributed by atoms with van der Waals surface area (Å²) in [5.74, 6) is 1.18. The van der Waals surface area contributed by atoms with Crippen molar-refractivity contribution in [1.29, 1.82) is 0 Å². The molecule has 1 atom stereocenters. The van der Waals surface area contributed by atoms with E-state index in [4.69, 9.17) is 10.5 Å². The van der Waals surface area contributed by atoms with E-state index in [0.717, 1.165) is 18.0 Å². The third kappa shape index (κ3) is 3.75. The molecule has 92 valence electrons. The Morgan fingerprint density at radius 3 is 3.00 bits per heavy atom. The molecule has 0 fully saturated rings. The molecule has 1 unspecified atom stereocenters. The molecule has 0 saturated heterocycles. The average Bonchev–Trinajstić information content (AvgIpc) is 2.62. The van der Waals surface area contributed by atoms with Crippen LogP contribution < -0.4 is 15.8 Å². The van der Waals surface area contributed by atoms with Crippen LogP contribution in [0.5, 0.6) is 5.75 Å². The number of aromatic nitrogens is 1. The second kappa shape index (κ2) is 6.85. The quantitative estimate of drug-likeness (QED) is 0.790. The summed E-state index contributed by atoms with van der Waals surface area (Å²) < 4.78 is 9.53. The molecule has 4 nitrogen and oxygen atoms in total. The van der Waals surface area contributed by atoms with Crippen LogP contribution in [0, 0.1) is 0 Å². The zero-order valence-electron chi connectivity index (χ0n) is 9.95. The Morgan fingerprint density at radius 2 is 2.38 bits per heavy atom. The van der Waals surface area contributed by atoms with E-state index in [0.29, 0.717) is 23.4 Å². The van der Waals surface area contributed by atoms with Gasteiger partial charge in [-0.2, -0.15) is 16.1 Å². The SMILES string of the molecule is CCOc1c(N)nsc1NCCC(C)SC. The molecule has 0 aromatic carbocycles. The molecule has 3 N–H and O–H groups in total. The summed E-state index contributed by atoms with van der Waals surface area (Å²) in [5.41, 5.74) is 5.72. The molecule has 1 aromatic heterocycles. The van der Waals surface area contributed by atoms with Gasteiger partial charge in [0.25, 0.3) is 0 Å². The van der Waals surface area contributed by atoms with Crippen LogP contribution in [0.2, 0.25) is 0 Å². The van der Waals surface area contributed by atoms with Gasteiger partial charge in [-0.15, -0.1) is 0 Å². The molecule has 1 heterocycles. The second-order valence-corrected chi connectivity index (χ2v) is 5.47. The highest BCUT2D eigenvalue weighted by atomic mass is 32.2. The molecule has 0 aliphatic rings. The number of ether oxygens (including phenoxy) is 1. The van der Waals surface area contributed by atoms with E-state index in [2.05, 4.69) is 22.9 Å². The number of nitrogen functional groups attached to an aromatic ring is 1. The molecule has 16 heavy (non-hydrogen) atoms. The molecule has 0 aliphatic heterocycles. The van der Waals surface area contributed by atoms with Gasteiger partial charge < -0.3 is 15.8 Å². The first-order chi connectivity index (χ1) is 7.69. The van der Waals surface area contributed by atoms with Crippen molar-refractivity contribution < 1.29 is 4.74 Å². The van der Waals surface area contributed by atoms with Gasteiger partial charge in [0.05, 0.1) is 6.61 Å². The van der Waals surface area contributed by atoms with Crippen LogP contribution in [0.25, 0.3) is 0 Å². The molecule has 0 saturated carbocycles. The van der Waals surface area contributed by atoms with Gasteiger partial charge >= 0.3 is 0 Å². The third-order valence-corrected chi connectivity index (χ3v) is 4.04. The van der Waals surface area contributed by atoms with Crippen LogP contribution in [0.1, 0.15) is 20.3 Å². The number of anilines is 2. The highest BCUT2D eigenvalue weighted by Crippen LogP contribution is 2.35. The fourth-order valence-corrected chi connectivity index (χ4v) is 2.24. The number of nitrogens with two attached hydrogens (primary N) is 1. The lowest BCUT2D eigenvalue weighted by molar-refractivity contribution is 0.344. The topological polar surface area (TPSA) is 60.2 Å². The lowest BCUT2D eigenvalue weighted by Gasteiger charge is -2.10. The smallest absolute Gasteiger partial charge is 0.197 e. The fourth-order valence-electron chi connectivity index (χ4n) is 1.20. The second-order valence-electron chi connectivity index (χ2n) is 3.42. The van der Waals surface area contributed by atoms with Crippen LogP contribution in [0.15, 0.2) is 0 Å². The van der Waals surface area contributed by atoms with E-state index in [1.807, 2.05) is 18.7 Å². The molecular formula is C10H19N3OS2. The zero-order valence-corrected chi connectivity index (χ0v) is 11.6. The van der Waals surface area contributed by atoms with Gasteiger partial charge in [-0.3, -0.25) is 0 Å². The summed E-state index contributed by atoms with van der Waals surface area (Å²) in [7, 11) is 0. The first-order valence-electron chi connectivity index (χ1n) is 5.33. The summed E-state index contributed by atoms with van der Waals surface area (Å²) >= 11 is 3.23. The number of nitrogens with zero attached hydrogens (tertiary/aromatic N) is 1. The van der Waals surface area contributed by atoms with E-state index in [1.165, 1.54) is 11.5 Å². The van der Waals surface area contributed by atoms with Crippen LogP contribution in [-0.4, -0.2) is 29.0 Å². The maximum Gasteiger partial charge on any atom is 0.197 e. The minimum atomic E-state index is 0.479. The van der Waals surface area contributed by atoms with Gasteiger partial charge in [0, 0.05) is 11.8 Å². The van der Waals surface area contributed by atoms with Gasteiger partial charge in [0.15, 0.2) is 16.6 Å². The van der Waals surface area contributed by atoms with Crippen molar-refractivity contribution >= 4 is 34.1 Å². The Morgan fingerprint density at radius 1 is 1.62 bits per heavy atom. The Kier molecular flexibility index (Phi) is 5.76. The monoisotopic (exact) mass is 261 g/mol. The Bertz CT molecular complexity index is 317. The highest BCUT2D eigenvalue weighted by Gasteiger charge is 2.12. The summed E-state index contributed by atoms with van der Waals surface area (Å²) in [4.78, 5) is 0. The first kappa shape index (κ1) is 13.4. The molecule has 1 rings (SSSR count). The van der Waals surface area contributed by atoms with Crippen LogP contribution >= 0.6 is 23.3 Å². The van der Waals surface area contributed by atoms with E-state index in [-0.39, 0.29) is 0 Å². The molecular weight excluding hydrogens is 242 g/mol. The fraction of sp³-hybridized carbons (Fsp3) is 0.700. The van der Waals surface area contributed by atoms with E-state index in [1.54, 1.807) is 0 Å². The third-order valence-electron chi connectivity index (χ3n) is 2.20. The predicted octanol–water partition coefficient (Wildman–Crippen LogP) is 2.68. The summed E-state index contributed by atoms with van der Waals surface area (Å²) in [5, 5.41) is 4.92. The largest absolute Gasteiger partial charge is 0.487 e. The highest BCUT2D eigenvalue weighted by molar-refractivity contribution is 7.99. The normalized spacial score (nSPS) is 12.4. The summed E-state index contributed by atoms with van der Waals surface area (Å²) in [6.45, 7) is 5.69. The summed E-state index contributed by atoms with van der Waals surface area (Å²) in [6.07, 6.45) is 3.24. The van der Waals surface area contributed by atoms with Gasteiger partial charge in [-0.1, -0.05) is 6.92 Å². The van der Waals surface area contributed by atoms with Crippen molar-refractivity contribution in [3.05, 3.63) is 0 Å². The predicted molar refractivity (Wildman–Crippen MR) is 73.8 cm³/mol. The van der Waals surface area contributed by atoms with Crippen molar-refractivity contribution in [2.45, 2.75) is 25.5 Å². The maximum absolute atomic E-state index is 5.72. The number of thioether (sulfide) groups is 1. The molecule has 0 aliphatic carbocycles. The van der Waals surface area contributed by atoms with Crippen LogP contribution in [-0.2, 0) is 0 Å². The molecule has 1 aromatic rings. The molecule has 6 heteroatoms. The first-order valence-corrected chi connectivity index (χ1v) is 7.39. The van der Waals surface area contributed by atoms with Gasteiger partial charge in [-0.25, -0.2) is 0 Å². The number of hydrogen-bond donors (Lipinski definition) is 2. The van der Waals surface area contributed by atoms with Gasteiger partial charge in [0.1, 0.15) is 0 Å². The zero-order chi connectivity index (χ0) is 12.0. The maximum atomic E-state index is 5.72. The minimum Gasteiger partial charge on any atom is -0.487 e. The number of hydrogen-bond acceptors (Lipinski definition) is 6. The molecule has 0 radical (unpaired) electrons. The lowest BCUT2D eigenvalue weighted by atomic mass is 10.3. The van der Waals surface area contributed by atoms with Crippen molar-refractivity contribution in [2.75, 3.05) is 30.5 Å². The van der Waals surface area contributed by atoms with Crippen molar-refractivity contribution in [2.24, 2.45) is 0 Å². The number of rotatable bonds is 7. The van der Waals surface area contributed by atoms with Crippen LogP contribution in [0.4, 0.5) is 10.8 Å². The molecule has 0 spiro atoms.